The molecule has 0 unspecified atom stereocenters. The lowest BCUT2D eigenvalue weighted by atomic mass is 10.1. The lowest BCUT2D eigenvalue weighted by Gasteiger charge is -2.12. The van der Waals surface area contributed by atoms with Gasteiger partial charge in [0.1, 0.15) is 5.82 Å². The van der Waals surface area contributed by atoms with E-state index < -0.39 is 0 Å². The number of nitrogens with one attached hydrogen (secondary N) is 3. The van der Waals surface area contributed by atoms with Gasteiger partial charge in [-0.1, -0.05) is 19.1 Å². The van der Waals surface area contributed by atoms with Gasteiger partial charge in [-0.2, -0.15) is 0 Å². The second-order valence-electron chi connectivity index (χ2n) is 5.73. The van der Waals surface area contributed by atoms with Gasteiger partial charge >= 0.3 is 0 Å². The van der Waals surface area contributed by atoms with Crippen molar-refractivity contribution in [1.29, 1.82) is 0 Å². The van der Waals surface area contributed by atoms with Crippen LogP contribution >= 0.6 is 11.3 Å². The van der Waals surface area contributed by atoms with Crippen molar-refractivity contribution < 1.29 is 9.18 Å². The zero-order valence-electron chi connectivity index (χ0n) is 15.1. The van der Waals surface area contributed by atoms with Crippen LogP contribution in [-0.2, 0) is 24.2 Å². The van der Waals surface area contributed by atoms with Crippen molar-refractivity contribution in [2.45, 2.75) is 26.3 Å². The van der Waals surface area contributed by atoms with Gasteiger partial charge in [-0.15, -0.1) is 11.3 Å². The summed E-state index contributed by atoms with van der Waals surface area (Å²) < 4.78 is 12.8. The molecule has 0 bridgehead atoms. The van der Waals surface area contributed by atoms with Crippen molar-refractivity contribution in [3.05, 3.63) is 57.5 Å². The number of thiophene rings is 1. The predicted molar refractivity (Wildman–Crippen MR) is 105 cm³/mol. The Balaban J connectivity index is 1.63. The van der Waals surface area contributed by atoms with Crippen LogP contribution in [0.4, 0.5) is 4.39 Å². The van der Waals surface area contributed by atoms with Crippen LogP contribution in [0.2, 0.25) is 0 Å². The summed E-state index contributed by atoms with van der Waals surface area (Å²) in [4.78, 5) is 18.7. The summed E-state index contributed by atoms with van der Waals surface area (Å²) in [7, 11) is 1.72. The topological polar surface area (TPSA) is 65.5 Å². The standard InChI is InChI=1S/C19H25FN4OS/c1-3-16-8-9-17(26-16)13-24-19(21-2)23-11-10-22-18(25)12-14-4-6-15(20)7-5-14/h4-9H,3,10-13H2,1-2H3,(H,22,25)(H2,21,23,24). The summed E-state index contributed by atoms with van der Waals surface area (Å²) in [6.07, 6.45) is 1.29. The zero-order valence-corrected chi connectivity index (χ0v) is 16.0. The van der Waals surface area contributed by atoms with Gasteiger partial charge in [0.05, 0.1) is 13.0 Å². The van der Waals surface area contributed by atoms with Gasteiger partial charge in [0.25, 0.3) is 0 Å². The van der Waals surface area contributed by atoms with Gasteiger partial charge in [-0.05, 0) is 36.2 Å². The molecule has 0 atom stereocenters. The number of hydrogen-bond acceptors (Lipinski definition) is 3. The smallest absolute Gasteiger partial charge is 0.224 e. The highest BCUT2D eigenvalue weighted by atomic mass is 32.1. The van der Waals surface area contributed by atoms with E-state index in [0.717, 1.165) is 18.5 Å². The third kappa shape index (κ3) is 6.84. The number of guanidine groups is 1. The summed E-state index contributed by atoms with van der Waals surface area (Å²) in [5, 5.41) is 9.26. The van der Waals surface area contributed by atoms with Gasteiger partial charge in [0, 0.05) is 29.9 Å². The summed E-state index contributed by atoms with van der Waals surface area (Å²) in [6, 6.07) is 10.2. The van der Waals surface area contributed by atoms with Crippen molar-refractivity contribution in [3.63, 3.8) is 0 Å². The van der Waals surface area contributed by atoms with E-state index in [2.05, 4.69) is 40.0 Å². The highest BCUT2D eigenvalue weighted by Gasteiger charge is 2.04. The molecule has 0 aliphatic rings. The van der Waals surface area contributed by atoms with E-state index in [1.54, 1.807) is 30.5 Å². The molecule has 0 radical (unpaired) electrons. The Morgan fingerprint density at radius 1 is 1.04 bits per heavy atom. The molecule has 140 valence electrons. The van der Waals surface area contributed by atoms with Crippen molar-refractivity contribution in [2.75, 3.05) is 20.1 Å². The molecule has 2 aromatic rings. The maximum Gasteiger partial charge on any atom is 0.224 e. The number of carbonyl (C=O) groups excluding carboxylic acids is 1. The van der Waals surface area contributed by atoms with Gasteiger partial charge < -0.3 is 16.0 Å². The molecule has 3 N–H and O–H groups in total. The Bertz CT molecular complexity index is 727. The SMILES string of the molecule is CCc1ccc(CNC(=NC)NCCNC(=O)Cc2ccc(F)cc2)s1. The minimum absolute atomic E-state index is 0.0907. The summed E-state index contributed by atoms with van der Waals surface area (Å²) in [5.41, 5.74) is 0.789. The van der Waals surface area contributed by atoms with Crippen molar-refractivity contribution in [3.8, 4) is 0 Å². The summed E-state index contributed by atoms with van der Waals surface area (Å²) in [6.45, 7) is 3.92. The average molecular weight is 377 g/mol. The maximum absolute atomic E-state index is 12.8. The first-order chi connectivity index (χ1) is 12.6. The Morgan fingerprint density at radius 2 is 1.73 bits per heavy atom. The highest BCUT2D eigenvalue weighted by Crippen LogP contribution is 2.16. The highest BCUT2D eigenvalue weighted by molar-refractivity contribution is 7.11. The molecule has 5 nitrogen and oxygen atoms in total. The van der Waals surface area contributed by atoms with Crippen LogP contribution in [0.5, 0.6) is 0 Å². The van der Waals surface area contributed by atoms with Crippen molar-refractivity contribution in [2.24, 2.45) is 4.99 Å². The molecular formula is C19H25FN4OS. The zero-order chi connectivity index (χ0) is 18.8. The van der Waals surface area contributed by atoms with E-state index in [4.69, 9.17) is 0 Å². The Labute approximate surface area is 157 Å². The fourth-order valence-corrected chi connectivity index (χ4v) is 3.23. The second-order valence-corrected chi connectivity index (χ2v) is 6.98. The molecule has 26 heavy (non-hydrogen) atoms. The number of rotatable bonds is 8. The molecule has 0 fully saturated rings. The molecule has 1 aromatic heterocycles. The average Bonchev–Trinajstić information content (AvgIpc) is 3.11. The van der Waals surface area contributed by atoms with E-state index in [1.165, 1.54) is 21.9 Å². The minimum atomic E-state index is -0.300. The molecule has 0 aliphatic carbocycles. The van der Waals surface area contributed by atoms with E-state index in [-0.39, 0.29) is 18.1 Å². The molecule has 1 heterocycles. The minimum Gasteiger partial charge on any atom is -0.355 e. The fraction of sp³-hybridized carbons (Fsp3) is 0.368. The Kier molecular flexibility index (Phi) is 8.08. The van der Waals surface area contributed by atoms with Crippen LogP contribution in [-0.4, -0.2) is 32.0 Å². The number of amides is 1. The molecule has 2 rings (SSSR count). The lowest BCUT2D eigenvalue weighted by molar-refractivity contribution is -0.120. The third-order valence-electron chi connectivity index (χ3n) is 3.74. The maximum atomic E-state index is 12.8. The van der Waals surface area contributed by atoms with E-state index in [1.807, 2.05) is 0 Å². The molecular weight excluding hydrogens is 351 g/mol. The van der Waals surface area contributed by atoms with E-state index in [0.29, 0.717) is 19.0 Å². The number of hydrogen-bond donors (Lipinski definition) is 3. The Morgan fingerprint density at radius 3 is 2.38 bits per heavy atom. The molecule has 7 heteroatoms. The third-order valence-corrected chi connectivity index (χ3v) is 4.97. The number of nitrogens with zero attached hydrogens (tertiary/aromatic N) is 1. The number of carbonyl (C=O) groups is 1. The molecule has 0 spiro atoms. The van der Waals surface area contributed by atoms with Gasteiger partial charge in [0.2, 0.25) is 5.91 Å². The first kappa shape index (κ1) is 19.9. The van der Waals surface area contributed by atoms with Gasteiger partial charge in [0.15, 0.2) is 5.96 Å². The number of halogens is 1. The molecule has 0 saturated carbocycles. The first-order valence-corrected chi connectivity index (χ1v) is 9.45. The summed E-state index contributed by atoms with van der Waals surface area (Å²) >= 11 is 1.79. The van der Waals surface area contributed by atoms with Crippen molar-refractivity contribution in [1.82, 2.24) is 16.0 Å². The van der Waals surface area contributed by atoms with E-state index in [9.17, 15) is 9.18 Å². The monoisotopic (exact) mass is 376 g/mol. The first-order valence-electron chi connectivity index (χ1n) is 8.64. The molecule has 1 amide bonds. The summed E-state index contributed by atoms with van der Waals surface area (Å²) in [5.74, 6) is 0.307. The molecule has 1 aromatic carbocycles. The quantitative estimate of drug-likeness (QED) is 0.377. The van der Waals surface area contributed by atoms with Gasteiger partial charge in [-0.3, -0.25) is 9.79 Å². The number of aryl methyl sites for hydroxylation is 1. The largest absolute Gasteiger partial charge is 0.355 e. The fourth-order valence-electron chi connectivity index (χ4n) is 2.33. The Hall–Kier alpha value is -2.41. The van der Waals surface area contributed by atoms with Crippen LogP contribution < -0.4 is 16.0 Å². The van der Waals surface area contributed by atoms with Crippen LogP contribution in [0, 0.1) is 5.82 Å². The van der Waals surface area contributed by atoms with Crippen LogP contribution in [0.15, 0.2) is 41.4 Å². The van der Waals surface area contributed by atoms with Crippen LogP contribution in [0.25, 0.3) is 0 Å². The van der Waals surface area contributed by atoms with Crippen LogP contribution in [0.1, 0.15) is 22.2 Å². The van der Waals surface area contributed by atoms with Crippen molar-refractivity contribution >= 4 is 23.2 Å². The predicted octanol–water partition coefficient (Wildman–Crippen LogP) is 2.47. The normalized spacial score (nSPS) is 11.3. The number of benzene rings is 1. The second kappa shape index (κ2) is 10.6. The number of aliphatic imine (C=N–C) groups is 1. The van der Waals surface area contributed by atoms with E-state index >= 15 is 0 Å². The van der Waals surface area contributed by atoms with Crippen LogP contribution in [0.3, 0.4) is 0 Å². The van der Waals surface area contributed by atoms with Gasteiger partial charge in [-0.25, -0.2) is 4.39 Å². The lowest BCUT2D eigenvalue weighted by Crippen LogP contribution is -2.41. The molecule has 0 aliphatic heterocycles. The molecule has 0 saturated heterocycles.